The first-order chi connectivity index (χ1) is 8.07. The number of hydrogen-bond donors (Lipinski definition) is 1. The summed E-state index contributed by atoms with van der Waals surface area (Å²) in [7, 11) is 0. The molecule has 90 valence electrons. The minimum Gasteiger partial charge on any atom is -0.325 e. The summed E-state index contributed by atoms with van der Waals surface area (Å²) in [4.78, 5) is -0.0282. The fraction of sp³-hybridized carbons (Fsp3) is 0.600. The second-order valence-corrected chi connectivity index (χ2v) is 7.33. The van der Waals surface area contributed by atoms with Gasteiger partial charge in [-0.25, -0.2) is 0 Å². The standard InChI is InChI=1S/C15H18ClN/c16-14-5-10-7-15(17,9-14)8-11(6-14)13-4-2-1-3-12(10)13/h1-4,10-11H,5-9,17H2. The smallest absolute Gasteiger partial charge is 0.0476 e. The zero-order valence-corrected chi connectivity index (χ0v) is 10.7. The van der Waals surface area contributed by atoms with E-state index in [4.69, 9.17) is 17.3 Å². The molecule has 0 saturated heterocycles. The summed E-state index contributed by atoms with van der Waals surface area (Å²) < 4.78 is 0. The second kappa shape index (κ2) is 3.07. The summed E-state index contributed by atoms with van der Waals surface area (Å²) in [5, 5.41) is 0. The zero-order valence-electron chi connectivity index (χ0n) is 9.95. The third kappa shape index (κ3) is 1.42. The lowest BCUT2D eigenvalue weighted by Gasteiger charge is -2.50. The highest BCUT2D eigenvalue weighted by atomic mass is 35.5. The van der Waals surface area contributed by atoms with Crippen molar-refractivity contribution in [3.05, 3.63) is 35.4 Å². The molecule has 0 aliphatic heterocycles. The quantitative estimate of drug-likeness (QED) is 0.698. The highest BCUT2D eigenvalue weighted by Gasteiger charge is 2.54. The molecule has 1 aromatic carbocycles. The Labute approximate surface area is 107 Å². The summed E-state index contributed by atoms with van der Waals surface area (Å²) in [5.41, 5.74) is 9.66. The van der Waals surface area contributed by atoms with Gasteiger partial charge in [-0.05, 0) is 55.1 Å². The van der Waals surface area contributed by atoms with E-state index in [9.17, 15) is 0 Å². The van der Waals surface area contributed by atoms with Crippen molar-refractivity contribution < 1.29 is 0 Å². The number of hydrogen-bond acceptors (Lipinski definition) is 1. The molecule has 0 heterocycles. The summed E-state index contributed by atoms with van der Waals surface area (Å²) in [5.74, 6) is 1.19. The van der Waals surface area contributed by atoms with Gasteiger partial charge in [-0.15, -0.1) is 11.6 Å². The molecule has 0 aromatic heterocycles. The van der Waals surface area contributed by atoms with Gasteiger partial charge in [0.2, 0.25) is 0 Å². The van der Waals surface area contributed by atoms with Crippen LogP contribution in [0.15, 0.2) is 24.3 Å². The molecule has 4 bridgehead atoms. The highest BCUT2D eigenvalue weighted by molar-refractivity contribution is 6.24. The maximum Gasteiger partial charge on any atom is 0.0476 e. The van der Waals surface area contributed by atoms with Crippen LogP contribution in [-0.4, -0.2) is 10.4 Å². The summed E-state index contributed by atoms with van der Waals surface area (Å²) in [6, 6.07) is 8.92. The largest absolute Gasteiger partial charge is 0.325 e. The van der Waals surface area contributed by atoms with E-state index in [1.165, 1.54) is 11.1 Å². The van der Waals surface area contributed by atoms with Crippen LogP contribution in [0, 0.1) is 0 Å². The monoisotopic (exact) mass is 247 g/mol. The molecule has 5 rings (SSSR count). The van der Waals surface area contributed by atoms with Crippen LogP contribution in [0.1, 0.15) is 55.1 Å². The van der Waals surface area contributed by atoms with Crippen LogP contribution >= 0.6 is 11.6 Å². The van der Waals surface area contributed by atoms with Crippen LogP contribution < -0.4 is 5.73 Å². The normalized spacial score (nSPS) is 46.7. The molecule has 17 heavy (non-hydrogen) atoms. The third-order valence-corrected chi connectivity index (χ3v) is 5.52. The van der Waals surface area contributed by atoms with Crippen LogP contribution in [0.3, 0.4) is 0 Å². The Morgan fingerprint density at radius 1 is 1.00 bits per heavy atom. The fourth-order valence-corrected chi connectivity index (χ4v) is 5.43. The van der Waals surface area contributed by atoms with Crippen LogP contribution in [-0.2, 0) is 0 Å². The van der Waals surface area contributed by atoms with E-state index in [-0.39, 0.29) is 10.4 Å². The highest BCUT2D eigenvalue weighted by Crippen LogP contribution is 2.60. The van der Waals surface area contributed by atoms with Crippen molar-refractivity contribution >= 4 is 11.6 Å². The number of alkyl halides is 1. The van der Waals surface area contributed by atoms with Gasteiger partial charge in [-0.1, -0.05) is 24.3 Å². The Balaban J connectivity index is 1.93. The Hall–Kier alpha value is -0.530. The molecule has 2 saturated carbocycles. The predicted molar refractivity (Wildman–Crippen MR) is 70.5 cm³/mol. The van der Waals surface area contributed by atoms with Crippen molar-refractivity contribution in [2.75, 3.05) is 0 Å². The van der Waals surface area contributed by atoms with E-state index in [1.54, 1.807) is 0 Å². The van der Waals surface area contributed by atoms with Crippen LogP contribution in [0.5, 0.6) is 0 Å². The SMILES string of the molecule is NC12CC3CC(Cl)(CC(C1)c1ccccc13)C2. The molecule has 2 heteroatoms. The van der Waals surface area contributed by atoms with E-state index in [2.05, 4.69) is 24.3 Å². The zero-order chi connectivity index (χ0) is 11.7. The van der Waals surface area contributed by atoms with Gasteiger partial charge in [0.25, 0.3) is 0 Å². The number of benzene rings is 1. The lowest BCUT2D eigenvalue weighted by atomic mass is 9.62. The van der Waals surface area contributed by atoms with Crippen LogP contribution in [0.2, 0.25) is 0 Å². The van der Waals surface area contributed by atoms with E-state index < -0.39 is 0 Å². The van der Waals surface area contributed by atoms with Gasteiger partial charge < -0.3 is 5.73 Å². The number of nitrogens with two attached hydrogens (primary N) is 1. The first kappa shape index (κ1) is 10.4. The van der Waals surface area contributed by atoms with Gasteiger partial charge in [-0.2, -0.15) is 0 Å². The summed E-state index contributed by atoms with van der Waals surface area (Å²) in [6.45, 7) is 0. The second-order valence-electron chi connectivity index (χ2n) is 6.53. The molecule has 4 aliphatic carbocycles. The van der Waals surface area contributed by atoms with Gasteiger partial charge >= 0.3 is 0 Å². The molecule has 0 amide bonds. The minimum atomic E-state index is -0.0282. The van der Waals surface area contributed by atoms with Gasteiger partial charge in [0.1, 0.15) is 0 Å². The molecule has 1 aromatic rings. The topological polar surface area (TPSA) is 26.0 Å². The molecule has 0 radical (unpaired) electrons. The third-order valence-electron chi connectivity index (χ3n) is 5.07. The molecule has 2 unspecified atom stereocenters. The first-order valence-corrected chi connectivity index (χ1v) is 7.01. The fourth-order valence-electron chi connectivity index (χ4n) is 4.79. The van der Waals surface area contributed by atoms with Crippen LogP contribution in [0.4, 0.5) is 0 Å². The Morgan fingerprint density at radius 3 is 2.00 bits per heavy atom. The van der Waals surface area contributed by atoms with Crippen molar-refractivity contribution in [2.24, 2.45) is 5.73 Å². The average molecular weight is 248 g/mol. The Kier molecular flexibility index (Phi) is 1.88. The summed E-state index contributed by atoms with van der Waals surface area (Å²) >= 11 is 6.84. The number of halogens is 1. The van der Waals surface area contributed by atoms with E-state index in [0.29, 0.717) is 11.8 Å². The van der Waals surface area contributed by atoms with Crippen molar-refractivity contribution in [3.63, 3.8) is 0 Å². The summed E-state index contributed by atoms with van der Waals surface area (Å²) in [6.07, 6.45) is 5.54. The predicted octanol–water partition coefficient (Wildman–Crippen LogP) is 3.52. The van der Waals surface area contributed by atoms with Gasteiger partial charge in [0.15, 0.2) is 0 Å². The van der Waals surface area contributed by atoms with Crippen molar-refractivity contribution in [2.45, 2.75) is 54.4 Å². The molecular weight excluding hydrogens is 230 g/mol. The van der Waals surface area contributed by atoms with E-state index in [0.717, 1.165) is 32.1 Å². The Morgan fingerprint density at radius 2 is 1.53 bits per heavy atom. The Bertz CT molecular complexity index is 427. The van der Waals surface area contributed by atoms with Gasteiger partial charge in [0.05, 0.1) is 0 Å². The lowest BCUT2D eigenvalue weighted by Crippen LogP contribution is -2.54. The average Bonchev–Trinajstić information content (AvgIpc) is 2.38. The minimum absolute atomic E-state index is 0.00734. The van der Waals surface area contributed by atoms with Crippen molar-refractivity contribution in [1.82, 2.24) is 0 Å². The van der Waals surface area contributed by atoms with E-state index >= 15 is 0 Å². The van der Waals surface area contributed by atoms with Crippen molar-refractivity contribution in [1.29, 1.82) is 0 Å². The van der Waals surface area contributed by atoms with Crippen molar-refractivity contribution in [3.8, 4) is 0 Å². The molecule has 0 spiro atoms. The molecule has 1 nitrogen and oxygen atoms in total. The maximum atomic E-state index is 6.84. The van der Waals surface area contributed by atoms with E-state index in [1.807, 2.05) is 0 Å². The van der Waals surface area contributed by atoms with Gasteiger partial charge in [0, 0.05) is 10.4 Å². The maximum absolute atomic E-state index is 6.84. The molecule has 2 N–H and O–H groups in total. The number of rotatable bonds is 0. The molecule has 2 fully saturated rings. The van der Waals surface area contributed by atoms with Crippen LogP contribution in [0.25, 0.3) is 0 Å². The van der Waals surface area contributed by atoms with Gasteiger partial charge in [-0.3, -0.25) is 0 Å². The lowest BCUT2D eigenvalue weighted by molar-refractivity contribution is 0.151. The molecule has 4 aliphatic rings. The molecular formula is C15H18ClN. The first-order valence-electron chi connectivity index (χ1n) is 6.64. The molecule has 2 atom stereocenters.